The van der Waals surface area contributed by atoms with E-state index in [1.807, 2.05) is 0 Å². The van der Waals surface area contributed by atoms with Gasteiger partial charge in [-0.2, -0.15) is 10.2 Å². The summed E-state index contributed by atoms with van der Waals surface area (Å²) in [6, 6.07) is 1.90. The quantitative estimate of drug-likeness (QED) is 0.291. The number of alkyl halides is 1. The first kappa shape index (κ1) is 28.1. The second-order valence-electron chi connectivity index (χ2n) is 10.1. The molecule has 2 aliphatic heterocycles. The van der Waals surface area contributed by atoms with Crippen molar-refractivity contribution >= 4 is 29.0 Å². The molecule has 3 aromatic rings. The van der Waals surface area contributed by atoms with Gasteiger partial charge >= 0.3 is 0 Å². The van der Waals surface area contributed by atoms with Crippen molar-refractivity contribution in [2.24, 2.45) is 16.0 Å². The minimum absolute atomic E-state index is 0.0226. The van der Waals surface area contributed by atoms with Gasteiger partial charge in [-0.3, -0.25) is 9.89 Å². The van der Waals surface area contributed by atoms with Crippen LogP contribution in [0.5, 0.6) is 5.75 Å². The highest BCUT2D eigenvalue weighted by Crippen LogP contribution is 2.33. The van der Waals surface area contributed by atoms with Crippen molar-refractivity contribution < 1.29 is 23.4 Å². The van der Waals surface area contributed by atoms with E-state index < -0.39 is 17.6 Å². The van der Waals surface area contributed by atoms with Crippen molar-refractivity contribution in [3.05, 3.63) is 58.8 Å². The van der Waals surface area contributed by atoms with Crippen molar-refractivity contribution in [2.75, 3.05) is 32.9 Å². The molecular formula is C26H29ClF2N8O3. The number of nitrogens with one attached hydrogen (secondary N) is 1. The highest BCUT2D eigenvalue weighted by molar-refractivity contribution is 6.34. The van der Waals surface area contributed by atoms with E-state index in [4.69, 9.17) is 26.6 Å². The van der Waals surface area contributed by atoms with Crippen LogP contribution in [0.25, 0.3) is 11.2 Å². The van der Waals surface area contributed by atoms with Gasteiger partial charge in [-0.1, -0.05) is 11.6 Å². The summed E-state index contributed by atoms with van der Waals surface area (Å²) in [6.07, 6.45) is 6.15. The number of fused-ring (bicyclic) bond motifs is 1. The number of likely N-dealkylation sites (tertiary alicyclic amines) is 1. The maximum Gasteiger partial charge on any atom is 0.163 e. The molecule has 3 aromatic heterocycles. The lowest BCUT2D eigenvalue weighted by atomic mass is 9.94. The summed E-state index contributed by atoms with van der Waals surface area (Å²) in [5, 5.41) is 19.1. The van der Waals surface area contributed by atoms with Crippen molar-refractivity contribution in [3.63, 3.8) is 0 Å². The molecule has 0 bridgehead atoms. The summed E-state index contributed by atoms with van der Waals surface area (Å²) in [6.45, 7) is 5.24. The average Bonchev–Trinajstić information content (AvgIpc) is 3.27. The zero-order valence-electron chi connectivity index (χ0n) is 22.0. The molecule has 0 saturated carbocycles. The Balaban J connectivity index is 1.38. The molecule has 2 fully saturated rings. The molecule has 0 radical (unpaired) electrons. The molecule has 2 aliphatic rings. The normalized spacial score (nSPS) is 22.6. The summed E-state index contributed by atoms with van der Waals surface area (Å²) < 4.78 is 40.8. The summed E-state index contributed by atoms with van der Waals surface area (Å²) in [7, 11) is 0. The Kier molecular flexibility index (Phi) is 8.17. The molecule has 0 spiro atoms. The van der Waals surface area contributed by atoms with E-state index in [2.05, 4.69) is 30.1 Å². The van der Waals surface area contributed by atoms with Gasteiger partial charge in [0.2, 0.25) is 0 Å². The predicted octanol–water partition coefficient (Wildman–Crippen LogP) is 4.05. The molecule has 2 N–H and O–H groups in total. The average molecular weight is 575 g/mol. The van der Waals surface area contributed by atoms with Crippen LogP contribution >= 0.6 is 11.6 Å². The fraction of sp³-hybridized carbons (Fsp3) is 0.462. The number of hydrogen-bond acceptors (Lipinski definition) is 10. The fourth-order valence-electron chi connectivity index (χ4n) is 4.66. The van der Waals surface area contributed by atoms with Crippen LogP contribution in [0.15, 0.2) is 46.7 Å². The van der Waals surface area contributed by atoms with Gasteiger partial charge in [-0.25, -0.2) is 28.8 Å². The van der Waals surface area contributed by atoms with Crippen LogP contribution in [0, 0.1) is 17.3 Å². The Morgan fingerprint density at radius 1 is 1.35 bits per heavy atom. The van der Waals surface area contributed by atoms with Gasteiger partial charge in [0, 0.05) is 30.4 Å². The molecule has 1 unspecified atom stereocenters. The van der Waals surface area contributed by atoms with Gasteiger partial charge in [0.15, 0.2) is 17.2 Å². The number of nitrogens with zero attached hydrogens (tertiary/aromatic N) is 7. The summed E-state index contributed by atoms with van der Waals surface area (Å²) in [5.74, 6) is -0.753. The minimum Gasteiger partial charge on any atom is -0.488 e. The number of aliphatic hydroxyl groups is 1. The summed E-state index contributed by atoms with van der Waals surface area (Å²) in [4.78, 5) is 14.3. The first-order chi connectivity index (χ1) is 19.2. The van der Waals surface area contributed by atoms with Crippen molar-refractivity contribution in [2.45, 2.75) is 38.1 Å². The third-order valence-corrected chi connectivity index (χ3v) is 7.37. The molecule has 0 aliphatic carbocycles. The zero-order chi connectivity index (χ0) is 28.4. The third kappa shape index (κ3) is 5.87. The van der Waals surface area contributed by atoms with Crippen LogP contribution in [-0.2, 0) is 10.3 Å². The van der Waals surface area contributed by atoms with Gasteiger partial charge in [-0.05, 0) is 32.9 Å². The molecule has 3 atom stereocenters. The fourth-order valence-corrected chi connectivity index (χ4v) is 4.89. The lowest BCUT2D eigenvalue weighted by Gasteiger charge is -2.42. The number of halogens is 3. The molecule has 5 heterocycles. The SMILES string of the molecule is C/C(N=CC1CCN(C2COC2)C[C@@H]1F)=C(/N=N)c1cc(OC[C@@](C)(O)c2ncc(F)cn2)c2c(Cl)cnn2c1. The summed E-state index contributed by atoms with van der Waals surface area (Å²) in [5.41, 5.74) is 7.67. The number of rotatable bonds is 9. The van der Waals surface area contributed by atoms with E-state index in [1.165, 1.54) is 17.6 Å². The van der Waals surface area contributed by atoms with Gasteiger partial charge in [0.25, 0.3) is 0 Å². The van der Waals surface area contributed by atoms with Gasteiger partial charge in [-0.15, -0.1) is 0 Å². The van der Waals surface area contributed by atoms with Crippen molar-refractivity contribution in [1.29, 1.82) is 5.53 Å². The van der Waals surface area contributed by atoms with Crippen LogP contribution < -0.4 is 4.74 Å². The highest BCUT2D eigenvalue weighted by Gasteiger charge is 2.34. The standard InChI is InChI=1S/C26H29ClF2N8O3/c1-15(31-6-16-3-4-36(11-21(16)29)19-12-39-13-19)23(35-30)17-5-22(24-20(27)9-34-37(24)10-17)40-14-26(2,38)25-32-7-18(28)8-33-25/h5-10,16,19,21,30,38H,3-4,11-14H2,1-2H3/b23-15-,31-6?,35-30?/t16?,21-,26+/m0/s1. The van der Waals surface area contributed by atoms with E-state index in [0.717, 1.165) is 18.9 Å². The van der Waals surface area contributed by atoms with Gasteiger partial charge in [0.05, 0.1) is 48.6 Å². The van der Waals surface area contributed by atoms with Crippen LogP contribution in [-0.4, -0.2) is 80.9 Å². The van der Waals surface area contributed by atoms with Gasteiger partial charge < -0.3 is 14.6 Å². The molecule has 0 aromatic carbocycles. The predicted molar refractivity (Wildman–Crippen MR) is 143 cm³/mol. The summed E-state index contributed by atoms with van der Waals surface area (Å²) >= 11 is 6.35. The number of hydrogen-bond donors (Lipinski definition) is 2. The van der Waals surface area contributed by atoms with Crippen LogP contribution in [0.4, 0.5) is 8.78 Å². The topological polar surface area (TPSA) is 134 Å². The Bertz CT molecular complexity index is 1440. The van der Waals surface area contributed by atoms with E-state index in [-0.39, 0.29) is 29.8 Å². The van der Waals surface area contributed by atoms with E-state index >= 15 is 0 Å². The second-order valence-corrected chi connectivity index (χ2v) is 10.6. The molecule has 212 valence electrons. The third-order valence-electron chi connectivity index (χ3n) is 7.09. The van der Waals surface area contributed by atoms with Crippen LogP contribution in [0.2, 0.25) is 5.02 Å². The Morgan fingerprint density at radius 2 is 2.10 bits per heavy atom. The zero-order valence-corrected chi connectivity index (χ0v) is 22.7. The molecule has 40 heavy (non-hydrogen) atoms. The van der Waals surface area contributed by atoms with E-state index in [9.17, 15) is 13.9 Å². The molecule has 0 amide bonds. The van der Waals surface area contributed by atoms with Gasteiger partial charge in [0.1, 0.15) is 29.7 Å². The number of allylic oxidation sites excluding steroid dienone is 1. The highest BCUT2D eigenvalue weighted by atomic mass is 35.5. The van der Waals surface area contributed by atoms with Crippen molar-refractivity contribution in [1.82, 2.24) is 24.5 Å². The molecule has 2 saturated heterocycles. The van der Waals surface area contributed by atoms with E-state index in [1.54, 1.807) is 25.4 Å². The largest absolute Gasteiger partial charge is 0.488 e. The first-order valence-corrected chi connectivity index (χ1v) is 13.1. The second kappa shape index (κ2) is 11.6. The Morgan fingerprint density at radius 3 is 2.75 bits per heavy atom. The smallest absolute Gasteiger partial charge is 0.163 e. The monoisotopic (exact) mass is 574 g/mol. The Hall–Kier alpha value is -3.39. The van der Waals surface area contributed by atoms with Crippen molar-refractivity contribution in [3.8, 4) is 5.75 Å². The molecule has 11 nitrogen and oxygen atoms in total. The number of piperidine rings is 1. The number of aromatic nitrogens is 4. The lowest BCUT2D eigenvalue weighted by molar-refractivity contribution is -0.0812. The molecule has 5 rings (SSSR count). The van der Waals surface area contributed by atoms with Crippen LogP contribution in [0.1, 0.15) is 31.7 Å². The minimum atomic E-state index is -1.66. The van der Waals surface area contributed by atoms with Crippen LogP contribution in [0.3, 0.4) is 0 Å². The molecular weight excluding hydrogens is 546 g/mol. The first-order valence-electron chi connectivity index (χ1n) is 12.7. The number of aliphatic imine (C=N–C) groups is 1. The maximum atomic E-state index is 14.9. The van der Waals surface area contributed by atoms with E-state index in [0.29, 0.717) is 54.0 Å². The maximum absolute atomic E-state index is 14.9. The number of pyridine rings is 1. The number of ether oxygens (including phenoxy) is 2. The molecule has 14 heteroatoms. The Labute approximate surface area is 234 Å². The lowest BCUT2D eigenvalue weighted by Crippen LogP contribution is -2.54.